The van der Waals surface area contributed by atoms with Gasteiger partial charge in [0, 0.05) is 25.6 Å². The molecule has 0 aliphatic carbocycles. The molecule has 148 valence electrons. The number of rotatable bonds is 6. The lowest BCUT2D eigenvalue weighted by atomic mass is 9.88. The number of likely N-dealkylation sites (tertiary alicyclic amines) is 1. The van der Waals surface area contributed by atoms with E-state index in [1.165, 1.54) is 0 Å². The second-order valence-electron chi connectivity index (χ2n) is 6.96. The molecule has 1 aliphatic heterocycles. The highest BCUT2D eigenvalue weighted by atomic mass is 16.3. The zero-order valence-corrected chi connectivity index (χ0v) is 15.9. The van der Waals surface area contributed by atoms with E-state index in [9.17, 15) is 14.4 Å². The van der Waals surface area contributed by atoms with Gasteiger partial charge in [-0.05, 0) is 43.0 Å². The molecule has 1 atom stereocenters. The van der Waals surface area contributed by atoms with Crippen LogP contribution in [-0.2, 0) is 16.1 Å². The van der Waals surface area contributed by atoms with Gasteiger partial charge in [0.25, 0.3) is 5.91 Å². The molecule has 1 aromatic heterocycles. The van der Waals surface area contributed by atoms with Crippen molar-refractivity contribution in [3.05, 3.63) is 60.1 Å². The number of amides is 3. The monoisotopic (exact) mass is 383 g/mol. The third kappa shape index (κ3) is 5.00. The van der Waals surface area contributed by atoms with Crippen LogP contribution >= 0.6 is 0 Å². The molecule has 0 bridgehead atoms. The molecule has 2 aromatic rings. The van der Waals surface area contributed by atoms with E-state index < -0.39 is 6.04 Å². The van der Waals surface area contributed by atoms with Gasteiger partial charge in [-0.3, -0.25) is 14.4 Å². The van der Waals surface area contributed by atoms with E-state index in [1.54, 1.807) is 54.5 Å². The second-order valence-corrected chi connectivity index (χ2v) is 6.96. The summed E-state index contributed by atoms with van der Waals surface area (Å²) in [5, 5.41) is 5.74. The Labute approximate surface area is 164 Å². The predicted molar refractivity (Wildman–Crippen MR) is 103 cm³/mol. The molecule has 2 N–H and O–H groups in total. The first-order chi connectivity index (χ1) is 13.5. The summed E-state index contributed by atoms with van der Waals surface area (Å²) in [6.07, 6.45) is 2.87. The van der Waals surface area contributed by atoms with Gasteiger partial charge in [-0.15, -0.1) is 0 Å². The van der Waals surface area contributed by atoms with E-state index in [4.69, 9.17) is 4.42 Å². The Balaban J connectivity index is 1.68. The van der Waals surface area contributed by atoms with E-state index in [-0.39, 0.29) is 30.2 Å². The van der Waals surface area contributed by atoms with Crippen molar-refractivity contribution in [1.82, 2.24) is 15.5 Å². The zero-order chi connectivity index (χ0) is 19.9. The molecular formula is C21H25N3O4. The molecule has 0 radical (unpaired) electrons. The third-order valence-electron chi connectivity index (χ3n) is 5.08. The Morgan fingerprint density at radius 3 is 2.43 bits per heavy atom. The number of nitrogens with zero attached hydrogens (tertiary/aromatic N) is 1. The fraction of sp³-hybridized carbons (Fsp3) is 0.381. The Hall–Kier alpha value is -3.09. The largest absolute Gasteiger partial charge is 0.467 e. The van der Waals surface area contributed by atoms with Crippen LogP contribution in [0.2, 0.25) is 0 Å². The Morgan fingerprint density at radius 1 is 1.11 bits per heavy atom. The molecule has 1 aromatic carbocycles. The van der Waals surface area contributed by atoms with Gasteiger partial charge >= 0.3 is 0 Å². The number of piperidine rings is 1. The molecule has 7 nitrogen and oxygen atoms in total. The van der Waals surface area contributed by atoms with Crippen LogP contribution in [0, 0.1) is 5.92 Å². The Bertz CT molecular complexity index is 796. The molecule has 28 heavy (non-hydrogen) atoms. The molecule has 1 saturated heterocycles. The van der Waals surface area contributed by atoms with Gasteiger partial charge in [-0.1, -0.05) is 18.2 Å². The first-order valence-electron chi connectivity index (χ1n) is 9.46. The average Bonchev–Trinajstić information content (AvgIpc) is 3.24. The van der Waals surface area contributed by atoms with E-state index >= 15 is 0 Å². The van der Waals surface area contributed by atoms with Gasteiger partial charge in [0.05, 0.1) is 12.8 Å². The number of furan rings is 1. The smallest absolute Gasteiger partial charge is 0.251 e. The van der Waals surface area contributed by atoms with E-state index in [0.29, 0.717) is 37.3 Å². The van der Waals surface area contributed by atoms with Crippen LogP contribution < -0.4 is 10.6 Å². The standard InChI is InChI=1S/C21H25N3O4/c1-15(25)24-11-9-16(10-12-24)19(21(27)22-14-18-8-5-13-28-18)23-20(26)17-6-3-2-4-7-17/h2-8,13,16,19H,9-12,14H2,1H3,(H,22,27)(H,23,26)/t19-/m0/s1. The molecule has 3 amide bonds. The Morgan fingerprint density at radius 2 is 1.82 bits per heavy atom. The number of benzene rings is 1. The van der Waals surface area contributed by atoms with Crippen molar-refractivity contribution < 1.29 is 18.8 Å². The maximum atomic E-state index is 12.9. The summed E-state index contributed by atoms with van der Waals surface area (Å²) in [6.45, 7) is 2.98. The number of carbonyl (C=O) groups is 3. The summed E-state index contributed by atoms with van der Waals surface area (Å²) in [7, 11) is 0. The van der Waals surface area contributed by atoms with Crippen LogP contribution in [0.25, 0.3) is 0 Å². The topological polar surface area (TPSA) is 91.7 Å². The molecular weight excluding hydrogens is 358 g/mol. The number of nitrogens with one attached hydrogen (secondary N) is 2. The summed E-state index contributed by atoms with van der Waals surface area (Å²) in [4.78, 5) is 38.8. The van der Waals surface area contributed by atoms with Crippen LogP contribution in [0.4, 0.5) is 0 Å². The minimum atomic E-state index is -0.670. The first-order valence-corrected chi connectivity index (χ1v) is 9.46. The molecule has 0 spiro atoms. The quantitative estimate of drug-likeness (QED) is 0.798. The van der Waals surface area contributed by atoms with Crippen LogP contribution in [-0.4, -0.2) is 41.8 Å². The molecule has 2 heterocycles. The number of hydrogen-bond donors (Lipinski definition) is 2. The fourth-order valence-electron chi connectivity index (χ4n) is 3.46. The summed E-state index contributed by atoms with van der Waals surface area (Å²) in [6, 6.07) is 11.7. The van der Waals surface area contributed by atoms with Crippen LogP contribution in [0.15, 0.2) is 53.1 Å². The van der Waals surface area contributed by atoms with Crippen molar-refractivity contribution in [3.8, 4) is 0 Å². The van der Waals surface area contributed by atoms with Crippen molar-refractivity contribution >= 4 is 17.7 Å². The van der Waals surface area contributed by atoms with Crippen molar-refractivity contribution in [1.29, 1.82) is 0 Å². The van der Waals surface area contributed by atoms with E-state index in [2.05, 4.69) is 10.6 Å². The van der Waals surface area contributed by atoms with Crippen LogP contribution in [0.1, 0.15) is 35.9 Å². The molecule has 1 aliphatic rings. The molecule has 1 fully saturated rings. The van der Waals surface area contributed by atoms with Gasteiger partial charge < -0.3 is 20.0 Å². The minimum absolute atomic E-state index is 0.0330. The third-order valence-corrected chi connectivity index (χ3v) is 5.08. The van der Waals surface area contributed by atoms with Crippen molar-refractivity contribution in [2.75, 3.05) is 13.1 Å². The van der Waals surface area contributed by atoms with Crippen molar-refractivity contribution in [2.45, 2.75) is 32.4 Å². The SMILES string of the molecule is CC(=O)N1CCC([C@H](NC(=O)c2ccccc2)C(=O)NCc2ccco2)CC1. The normalized spacial score (nSPS) is 15.7. The van der Waals surface area contributed by atoms with Gasteiger partial charge in [0.1, 0.15) is 11.8 Å². The van der Waals surface area contributed by atoms with Gasteiger partial charge in [0.2, 0.25) is 11.8 Å². The average molecular weight is 383 g/mol. The van der Waals surface area contributed by atoms with Gasteiger partial charge in [0.15, 0.2) is 0 Å². The predicted octanol–water partition coefficient (Wildman–Crippen LogP) is 1.95. The highest BCUT2D eigenvalue weighted by molar-refractivity contribution is 5.97. The maximum Gasteiger partial charge on any atom is 0.251 e. The molecule has 0 saturated carbocycles. The molecule has 3 rings (SSSR count). The zero-order valence-electron chi connectivity index (χ0n) is 15.9. The van der Waals surface area contributed by atoms with E-state index in [0.717, 1.165) is 0 Å². The molecule has 7 heteroatoms. The van der Waals surface area contributed by atoms with E-state index in [1.807, 2.05) is 6.07 Å². The lowest BCUT2D eigenvalue weighted by Gasteiger charge is -2.35. The summed E-state index contributed by atoms with van der Waals surface area (Å²) in [5.41, 5.74) is 0.507. The minimum Gasteiger partial charge on any atom is -0.467 e. The first kappa shape index (κ1) is 19.7. The van der Waals surface area contributed by atoms with Crippen molar-refractivity contribution in [3.63, 3.8) is 0 Å². The fourth-order valence-corrected chi connectivity index (χ4v) is 3.46. The lowest BCUT2D eigenvalue weighted by molar-refractivity contribution is -0.130. The van der Waals surface area contributed by atoms with Crippen molar-refractivity contribution in [2.24, 2.45) is 5.92 Å². The highest BCUT2D eigenvalue weighted by Gasteiger charge is 2.33. The molecule has 0 unspecified atom stereocenters. The Kier molecular flexibility index (Phi) is 6.47. The number of carbonyl (C=O) groups excluding carboxylic acids is 3. The van der Waals surface area contributed by atoms with Gasteiger partial charge in [-0.25, -0.2) is 0 Å². The summed E-state index contributed by atoms with van der Waals surface area (Å²) < 4.78 is 5.25. The van der Waals surface area contributed by atoms with Crippen LogP contribution in [0.3, 0.4) is 0 Å². The summed E-state index contributed by atoms with van der Waals surface area (Å²) >= 11 is 0. The number of hydrogen-bond acceptors (Lipinski definition) is 4. The van der Waals surface area contributed by atoms with Gasteiger partial charge in [-0.2, -0.15) is 0 Å². The van der Waals surface area contributed by atoms with Crippen LogP contribution in [0.5, 0.6) is 0 Å². The second kappa shape index (κ2) is 9.21. The lowest BCUT2D eigenvalue weighted by Crippen LogP contribution is -2.53. The summed E-state index contributed by atoms with van der Waals surface area (Å²) in [5.74, 6) is 0.105. The maximum absolute atomic E-state index is 12.9. The highest BCUT2D eigenvalue weighted by Crippen LogP contribution is 2.22.